The molecule has 1 N–H and O–H groups in total. The quantitative estimate of drug-likeness (QED) is 0.846. The fraction of sp³-hybridized carbons (Fsp3) is 0.333. The first-order valence-corrected chi connectivity index (χ1v) is 7.94. The van der Waals surface area contributed by atoms with Crippen molar-refractivity contribution in [2.75, 3.05) is 26.2 Å². The maximum Gasteiger partial charge on any atom is 0.142 e. The van der Waals surface area contributed by atoms with Crippen molar-refractivity contribution in [3.63, 3.8) is 0 Å². The van der Waals surface area contributed by atoms with Gasteiger partial charge in [-0.3, -0.25) is 4.90 Å². The van der Waals surface area contributed by atoms with Gasteiger partial charge in [-0.15, -0.1) is 36.2 Å². The Labute approximate surface area is 151 Å². The first-order valence-electron chi connectivity index (χ1n) is 6.69. The third-order valence-corrected chi connectivity index (χ3v) is 4.82. The van der Waals surface area contributed by atoms with Crippen LogP contribution in [0.15, 0.2) is 35.7 Å². The second kappa shape index (κ2) is 9.06. The molecule has 2 aromatic rings. The van der Waals surface area contributed by atoms with Gasteiger partial charge in [-0.2, -0.15) is 0 Å². The minimum atomic E-state index is -0.346. The molecular weight excluding hydrogens is 366 g/mol. The van der Waals surface area contributed by atoms with Crippen LogP contribution in [0.4, 0.5) is 4.39 Å². The average Bonchev–Trinajstić information content (AvgIpc) is 2.98. The second-order valence-corrected chi connectivity index (χ2v) is 6.26. The third-order valence-electron chi connectivity index (χ3n) is 3.59. The predicted octanol–water partition coefficient (Wildman–Crippen LogP) is 4.38. The van der Waals surface area contributed by atoms with Crippen molar-refractivity contribution >= 4 is 47.8 Å². The Morgan fingerprint density at radius 2 is 1.91 bits per heavy atom. The minimum Gasteiger partial charge on any atom is -0.314 e. The molecule has 0 aliphatic carbocycles. The molecule has 0 radical (unpaired) electrons. The Morgan fingerprint density at radius 3 is 2.50 bits per heavy atom. The van der Waals surface area contributed by atoms with Crippen LogP contribution < -0.4 is 5.32 Å². The molecule has 1 fully saturated rings. The molecule has 1 aliphatic heterocycles. The lowest BCUT2D eigenvalue weighted by Crippen LogP contribution is -2.45. The fourth-order valence-electron chi connectivity index (χ4n) is 2.62. The molecule has 1 atom stereocenters. The number of hydrogen-bond acceptors (Lipinski definition) is 3. The molecule has 0 amide bonds. The van der Waals surface area contributed by atoms with Crippen LogP contribution >= 0.6 is 47.8 Å². The van der Waals surface area contributed by atoms with Crippen LogP contribution in [-0.4, -0.2) is 31.1 Å². The first-order chi connectivity index (χ1) is 9.75. The van der Waals surface area contributed by atoms with Crippen molar-refractivity contribution < 1.29 is 4.39 Å². The highest BCUT2D eigenvalue weighted by Crippen LogP contribution is 2.33. The summed E-state index contributed by atoms with van der Waals surface area (Å²) in [5.41, 5.74) is 0.969. The van der Waals surface area contributed by atoms with Crippen molar-refractivity contribution in [1.82, 2.24) is 10.2 Å². The van der Waals surface area contributed by atoms with E-state index in [2.05, 4.69) is 21.7 Å². The standard InChI is InChI=1S/C15H16ClFN2S.2ClH/c16-12-4-3-11(10-13(12)17)15(14-2-1-9-20-14)19-7-5-18-6-8-19;;/h1-4,9-10,15,18H,5-8H2;2*1H/t15-;;/m0../s1. The number of thiophene rings is 1. The molecule has 0 bridgehead atoms. The summed E-state index contributed by atoms with van der Waals surface area (Å²) in [4.78, 5) is 3.64. The van der Waals surface area contributed by atoms with Crippen LogP contribution in [0.2, 0.25) is 5.02 Å². The minimum absolute atomic E-state index is 0. The lowest BCUT2D eigenvalue weighted by molar-refractivity contribution is 0.200. The van der Waals surface area contributed by atoms with Gasteiger partial charge < -0.3 is 5.32 Å². The number of rotatable bonds is 3. The number of hydrogen-bond donors (Lipinski definition) is 1. The summed E-state index contributed by atoms with van der Waals surface area (Å²) < 4.78 is 13.8. The van der Waals surface area contributed by atoms with E-state index in [1.165, 1.54) is 4.88 Å². The van der Waals surface area contributed by atoms with E-state index in [1.54, 1.807) is 23.5 Å². The van der Waals surface area contributed by atoms with Crippen LogP contribution in [0.25, 0.3) is 0 Å². The molecule has 1 aliphatic rings. The van der Waals surface area contributed by atoms with E-state index in [1.807, 2.05) is 12.1 Å². The van der Waals surface area contributed by atoms with E-state index in [9.17, 15) is 4.39 Å². The van der Waals surface area contributed by atoms with E-state index in [-0.39, 0.29) is 41.7 Å². The van der Waals surface area contributed by atoms with E-state index in [0.717, 1.165) is 31.7 Å². The summed E-state index contributed by atoms with van der Waals surface area (Å²) in [7, 11) is 0. The maximum absolute atomic E-state index is 13.8. The monoisotopic (exact) mass is 382 g/mol. The van der Waals surface area contributed by atoms with Gasteiger partial charge in [-0.1, -0.05) is 23.7 Å². The van der Waals surface area contributed by atoms with Crippen LogP contribution in [0.3, 0.4) is 0 Å². The maximum atomic E-state index is 13.8. The Kier molecular flexibility index (Phi) is 8.11. The van der Waals surface area contributed by atoms with E-state index in [4.69, 9.17) is 11.6 Å². The molecule has 1 aromatic heterocycles. The molecular formula is C15H18Cl3FN2S. The molecule has 0 spiro atoms. The van der Waals surface area contributed by atoms with Gasteiger partial charge in [0.05, 0.1) is 11.1 Å². The number of nitrogens with one attached hydrogen (secondary N) is 1. The Morgan fingerprint density at radius 1 is 1.18 bits per heavy atom. The number of benzene rings is 1. The summed E-state index contributed by atoms with van der Waals surface area (Å²) in [6, 6.07) is 9.41. The van der Waals surface area contributed by atoms with E-state index < -0.39 is 0 Å². The van der Waals surface area contributed by atoms with Crippen LogP contribution in [0.1, 0.15) is 16.5 Å². The molecule has 22 heavy (non-hydrogen) atoms. The van der Waals surface area contributed by atoms with Gasteiger partial charge in [0.2, 0.25) is 0 Å². The highest BCUT2D eigenvalue weighted by atomic mass is 35.5. The molecule has 1 saturated heterocycles. The molecule has 1 aromatic carbocycles. The molecule has 2 nitrogen and oxygen atoms in total. The predicted molar refractivity (Wildman–Crippen MR) is 96.5 cm³/mol. The molecule has 0 unspecified atom stereocenters. The van der Waals surface area contributed by atoms with Gasteiger partial charge in [-0.25, -0.2) is 4.39 Å². The van der Waals surface area contributed by atoms with Crippen molar-refractivity contribution in [2.45, 2.75) is 6.04 Å². The second-order valence-electron chi connectivity index (χ2n) is 4.88. The SMILES string of the molecule is Cl.Cl.Fc1cc([C@@H](c2cccs2)N2CCNCC2)ccc1Cl. The van der Waals surface area contributed by atoms with Crippen LogP contribution in [0.5, 0.6) is 0 Å². The first kappa shape index (κ1) is 19.7. The van der Waals surface area contributed by atoms with Crippen LogP contribution in [0, 0.1) is 5.82 Å². The summed E-state index contributed by atoms with van der Waals surface area (Å²) in [6.45, 7) is 3.87. The smallest absolute Gasteiger partial charge is 0.142 e. The summed E-state index contributed by atoms with van der Waals surface area (Å²) in [5, 5.41) is 5.60. The zero-order valence-corrected chi connectivity index (χ0v) is 15.0. The molecule has 122 valence electrons. The van der Waals surface area contributed by atoms with Crippen molar-refractivity contribution in [2.24, 2.45) is 0 Å². The van der Waals surface area contributed by atoms with Gasteiger partial charge >= 0.3 is 0 Å². The van der Waals surface area contributed by atoms with Gasteiger partial charge in [0.1, 0.15) is 5.82 Å². The van der Waals surface area contributed by atoms with Gasteiger partial charge in [0, 0.05) is 31.1 Å². The Hall–Kier alpha value is -0.360. The van der Waals surface area contributed by atoms with Gasteiger partial charge in [0.25, 0.3) is 0 Å². The summed E-state index contributed by atoms with van der Waals surface area (Å²) in [6.07, 6.45) is 0. The highest BCUT2D eigenvalue weighted by Gasteiger charge is 2.25. The van der Waals surface area contributed by atoms with E-state index >= 15 is 0 Å². The topological polar surface area (TPSA) is 15.3 Å². The Balaban J connectivity index is 0.00000121. The zero-order chi connectivity index (χ0) is 13.9. The van der Waals surface area contributed by atoms with Gasteiger partial charge in [-0.05, 0) is 29.1 Å². The van der Waals surface area contributed by atoms with Crippen molar-refractivity contribution in [1.29, 1.82) is 0 Å². The zero-order valence-electron chi connectivity index (χ0n) is 11.8. The third kappa shape index (κ3) is 4.34. The normalized spacial score (nSPS) is 16.5. The molecule has 7 heteroatoms. The van der Waals surface area contributed by atoms with Crippen molar-refractivity contribution in [3.05, 3.63) is 57.0 Å². The lowest BCUT2D eigenvalue weighted by Gasteiger charge is -2.34. The van der Waals surface area contributed by atoms with E-state index in [0.29, 0.717) is 0 Å². The molecule has 3 rings (SSSR count). The van der Waals surface area contributed by atoms with Crippen molar-refractivity contribution in [3.8, 4) is 0 Å². The highest BCUT2D eigenvalue weighted by molar-refractivity contribution is 7.10. The van der Waals surface area contributed by atoms with Gasteiger partial charge in [0.15, 0.2) is 0 Å². The summed E-state index contributed by atoms with van der Waals surface area (Å²) in [5.74, 6) is -0.346. The lowest BCUT2D eigenvalue weighted by atomic mass is 10.0. The fourth-order valence-corrected chi connectivity index (χ4v) is 3.63. The average molecular weight is 384 g/mol. The largest absolute Gasteiger partial charge is 0.314 e. The van der Waals surface area contributed by atoms with Crippen LogP contribution in [-0.2, 0) is 0 Å². The number of halogens is 4. The molecule has 2 heterocycles. The summed E-state index contributed by atoms with van der Waals surface area (Å²) >= 11 is 7.51. The Bertz CT molecular complexity index is 574. The molecule has 0 saturated carbocycles. The number of nitrogens with zero attached hydrogens (tertiary/aromatic N) is 1. The number of piperazine rings is 1.